The number of aliphatic hydroxyl groups excluding tert-OH is 1. The number of nitrogens with one attached hydrogen (secondary N) is 1. The molecule has 0 aromatic heterocycles. The van der Waals surface area contributed by atoms with Crippen molar-refractivity contribution in [3.63, 3.8) is 0 Å². The standard InChI is InChI=1S/C7H16FNO/c1-7(2,3)9-5-6(10)4-8/h6,9-10H,4-5H2,1-3H3. The molecule has 0 fully saturated rings. The molecule has 0 rings (SSSR count). The van der Waals surface area contributed by atoms with Crippen molar-refractivity contribution >= 4 is 0 Å². The Morgan fingerprint density at radius 1 is 1.50 bits per heavy atom. The van der Waals surface area contributed by atoms with E-state index in [2.05, 4.69) is 5.32 Å². The van der Waals surface area contributed by atoms with Crippen LogP contribution in [0.25, 0.3) is 0 Å². The van der Waals surface area contributed by atoms with Gasteiger partial charge in [0.05, 0.1) is 6.10 Å². The summed E-state index contributed by atoms with van der Waals surface area (Å²) in [4.78, 5) is 0. The van der Waals surface area contributed by atoms with Crippen LogP contribution in [-0.2, 0) is 0 Å². The number of alkyl halides is 1. The van der Waals surface area contributed by atoms with Crippen LogP contribution in [0, 0.1) is 0 Å². The molecule has 1 atom stereocenters. The van der Waals surface area contributed by atoms with Gasteiger partial charge in [0.25, 0.3) is 0 Å². The monoisotopic (exact) mass is 149 g/mol. The van der Waals surface area contributed by atoms with Crippen LogP contribution < -0.4 is 5.32 Å². The quantitative estimate of drug-likeness (QED) is 0.619. The van der Waals surface area contributed by atoms with Gasteiger partial charge in [-0.05, 0) is 20.8 Å². The average Bonchev–Trinajstić information content (AvgIpc) is 1.81. The number of hydrogen-bond acceptors (Lipinski definition) is 2. The van der Waals surface area contributed by atoms with Gasteiger partial charge in [-0.2, -0.15) is 0 Å². The second kappa shape index (κ2) is 3.88. The first-order chi connectivity index (χ1) is 4.45. The molecule has 0 aliphatic carbocycles. The third-order valence-electron chi connectivity index (χ3n) is 1.05. The van der Waals surface area contributed by atoms with E-state index in [0.29, 0.717) is 6.54 Å². The van der Waals surface area contributed by atoms with Crippen molar-refractivity contribution in [3.05, 3.63) is 0 Å². The molecule has 0 spiro atoms. The highest BCUT2D eigenvalue weighted by molar-refractivity contribution is 4.72. The van der Waals surface area contributed by atoms with Gasteiger partial charge >= 0.3 is 0 Å². The van der Waals surface area contributed by atoms with Gasteiger partial charge in [0.1, 0.15) is 6.67 Å². The lowest BCUT2D eigenvalue weighted by molar-refractivity contribution is 0.129. The molecule has 0 radical (unpaired) electrons. The molecular weight excluding hydrogens is 133 g/mol. The van der Waals surface area contributed by atoms with Crippen molar-refractivity contribution in [2.45, 2.75) is 32.4 Å². The van der Waals surface area contributed by atoms with Crippen molar-refractivity contribution in [3.8, 4) is 0 Å². The first-order valence-corrected chi connectivity index (χ1v) is 3.45. The first kappa shape index (κ1) is 9.85. The van der Waals surface area contributed by atoms with Gasteiger partial charge in [-0.3, -0.25) is 0 Å². The van der Waals surface area contributed by atoms with Crippen molar-refractivity contribution in [1.29, 1.82) is 0 Å². The van der Waals surface area contributed by atoms with E-state index in [-0.39, 0.29) is 5.54 Å². The van der Waals surface area contributed by atoms with E-state index in [1.54, 1.807) is 0 Å². The van der Waals surface area contributed by atoms with Crippen LogP contribution in [0.4, 0.5) is 4.39 Å². The zero-order chi connectivity index (χ0) is 8.20. The smallest absolute Gasteiger partial charge is 0.117 e. The zero-order valence-electron chi connectivity index (χ0n) is 6.82. The molecule has 0 aromatic carbocycles. The summed E-state index contributed by atoms with van der Waals surface area (Å²) in [6, 6.07) is 0. The van der Waals surface area contributed by atoms with E-state index in [9.17, 15) is 4.39 Å². The lowest BCUT2D eigenvalue weighted by Crippen LogP contribution is -2.41. The summed E-state index contributed by atoms with van der Waals surface area (Å²) in [5.74, 6) is 0. The van der Waals surface area contributed by atoms with E-state index in [0.717, 1.165) is 0 Å². The number of aliphatic hydroxyl groups is 1. The number of hydrogen-bond donors (Lipinski definition) is 2. The highest BCUT2D eigenvalue weighted by atomic mass is 19.1. The minimum Gasteiger partial charge on any atom is -0.389 e. The second-order valence-electron chi connectivity index (χ2n) is 3.44. The fraction of sp³-hybridized carbons (Fsp3) is 1.00. The maximum Gasteiger partial charge on any atom is 0.117 e. The third kappa shape index (κ3) is 5.98. The molecular formula is C7H16FNO. The molecule has 0 amide bonds. The Morgan fingerprint density at radius 3 is 2.30 bits per heavy atom. The Kier molecular flexibility index (Phi) is 3.83. The molecule has 0 bridgehead atoms. The van der Waals surface area contributed by atoms with E-state index < -0.39 is 12.8 Å². The van der Waals surface area contributed by atoms with Gasteiger partial charge in [-0.15, -0.1) is 0 Å². The number of β-amino-alcohol motifs (C(OH)–C–C–N with tert-alkyl or cyclic N) is 1. The maximum absolute atomic E-state index is 11.7. The molecule has 0 saturated heterocycles. The van der Waals surface area contributed by atoms with Crippen LogP contribution in [0.3, 0.4) is 0 Å². The van der Waals surface area contributed by atoms with Gasteiger partial charge in [0.2, 0.25) is 0 Å². The van der Waals surface area contributed by atoms with Gasteiger partial charge in [0.15, 0.2) is 0 Å². The Labute approximate surface area is 61.4 Å². The Morgan fingerprint density at radius 2 is 2.00 bits per heavy atom. The van der Waals surface area contributed by atoms with Crippen molar-refractivity contribution in [1.82, 2.24) is 5.32 Å². The second-order valence-corrected chi connectivity index (χ2v) is 3.44. The summed E-state index contributed by atoms with van der Waals surface area (Å²) in [6.07, 6.45) is -0.862. The van der Waals surface area contributed by atoms with Gasteiger partial charge in [-0.1, -0.05) is 0 Å². The normalized spacial score (nSPS) is 15.3. The average molecular weight is 149 g/mol. The van der Waals surface area contributed by atoms with Crippen molar-refractivity contribution in [2.75, 3.05) is 13.2 Å². The predicted molar refractivity (Wildman–Crippen MR) is 39.7 cm³/mol. The van der Waals surface area contributed by atoms with Crippen LogP contribution in [0.1, 0.15) is 20.8 Å². The van der Waals surface area contributed by atoms with Crippen molar-refractivity contribution < 1.29 is 9.50 Å². The third-order valence-corrected chi connectivity index (χ3v) is 1.05. The van der Waals surface area contributed by atoms with Crippen LogP contribution in [0.2, 0.25) is 0 Å². The first-order valence-electron chi connectivity index (χ1n) is 3.45. The molecule has 3 heteroatoms. The molecule has 0 aliphatic heterocycles. The molecule has 10 heavy (non-hydrogen) atoms. The Hall–Kier alpha value is -0.150. The Bertz CT molecular complexity index is 90.1. The van der Waals surface area contributed by atoms with Crippen LogP contribution in [0.15, 0.2) is 0 Å². The van der Waals surface area contributed by atoms with Gasteiger partial charge in [-0.25, -0.2) is 4.39 Å². The molecule has 2 N–H and O–H groups in total. The number of rotatable bonds is 3. The van der Waals surface area contributed by atoms with Crippen LogP contribution in [0.5, 0.6) is 0 Å². The molecule has 2 nitrogen and oxygen atoms in total. The molecule has 0 heterocycles. The van der Waals surface area contributed by atoms with E-state index in [4.69, 9.17) is 5.11 Å². The summed E-state index contributed by atoms with van der Waals surface area (Å²) in [6.45, 7) is 5.55. The Balaban J connectivity index is 3.36. The van der Waals surface area contributed by atoms with E-state index >= 15 is 0 Å². The molecule has 1 unspecified atom stereocenters. The highest BCUT2D eigenvalue weighted by Gasteiger charge is 2.11. The summed E-state index contributed by atoms with van der Waals surface area (Å²) < 4.78 is 11.7. The highest BCUT2D eigenvalue weighted by Crippen LogP contribution is 1.98. The summed E-state index contributed by atoms with van der Waals surface area (Å²) in [7, 11) is 0. The summed E-state index contributed by atoms with van der Waals surface area (Å²) in [5.41, 5.74) is -0.0455. The lowest BCUT2D eigenvalue weighted by Gasteiger charge is -2.21. The SMILES string of the molecule is CC(C)(C)NCC(O)CF. The fourth-order valence-electron chi connectivity index (χ4n) is 0.479. The minimum atomic E-state index is -0.862. The largest absolute Gasteiger partial charge is 0.389 e. The topological polar surface area (TPSA) is 32.3 Å². The van der Waals surface area contributed by atoms with E-state index in [1.165, 1.54) is 0 Å². The number of halogens is 1. The van der Waals surface area contributed by atoms with Gasteiger partial charge < -0.3 is 10.4 Å². The van der Waals surface area contributed by atoms with Crippen LogP contribution in [-0.4, -0.2) is 30.0 Å². The summed E-state index contributed by atoms with van der Waals surface area (Å²) >= 11 is 0. The predicted octanol–water partition coefficient (Wildman–Crippen LogP) is 0.705. The lowest BCUT2D eigenvalue weighted by atomic mass is 10.1. The maximum atomic E-state index is 11.7. The van der Waals surface area contributed by atoms with E-state index in [1.807, 2.05) is 20.8 Å². The zero-order valence-corrected chi connectivity index (χ0v) is 6.82. The van der Waals surface area contributed by atoms with Crippen molar-refractivity contribution in [2.24, 2.45) is 0 Å². The molecule has 0 aromatic rings. The molecule has 62 valence electrons. The molecule has 0 saturated carbocycles. The molecule has 0 aliphatic rings. The van der Waals surface area contributed by atoms with Crippen LogP contribution >= 0.6 is 0 Å². The summed E-state index contributed by atoms with van der Waals surface area (Å²) in [5, 5.41) is 11.8. The van der Waals surface area contributed by atoms with Gasteiger partial charge in [0, 0.05) is 12.1 Å². The minimum absolute atomic E-state index is 0.0455. The fourth-order valence-corrected chi connectivity index (χ4v) is 0.479.